The predicted molar refractivity (Wildman–Crippen MR) is 140 cm³/mol. The van der Waals surface area contributed by atoms with Crippen molar-refractivity contribution in [2.45, 2.75) is 63.3 Å². The highest BCUT2D eigenvalue weighted by Gasteiger charge is 2.74. The van der Waals surface area contributed by atoms with Gasteiger partial charge >= 0.3 is 0 Å². The molecule has 4 aliphatic heterocycles. The molecule has 2 unspecified atom stereocenters. The first kappa shape index (κ1) is 25.7. The molecule has 4 heterocycles. The van der Waals surface area contributed by atoms with E-state index in [1.165, 1.54) is 0 Å². The maximum atomic E-state index is 14.2. The summed E-state index contributed by atoms with van der Waals surface area (Å²) in [4.78, 5) is 47.7. The first-order valence-corrected chi connectivity index (χ1v) is 13.4. The fourth-order valence-electron chi connectivity index (χ4n) is 6.83. The van der Waals surface area contributed by atoms with E-state index in [0.717, 1.165) is 18.5 Å². The summed E-state index contributed by atoms with van der Waals surface area (Å²) in [5.74, 6) is -2.23. The van der Waals surface area contributed by atoms with Gasteiger partial charge in [0.25, 0.3) is 0 Å². The van der Waals surface area contributed by atoms with Crippen molar-refractivity contribution < 1.29 is 24.2 Å². The van der Waals surface area contributed by atoms with Crippen LogP contribution in [-0.4, -0.2) is 82.2 Å². The van der Waals surface area contributed by atoms with Crippen LogP contribution in [0.1, 0.15) is 40.0 Å². The van der Waals surface area contributed by atoms with Gasteiger partial charge in [-0.3, -0.25) is 14.4 Å². The molecule has 0 saturated carbocycles. The second kappa shape index (κ2) is 9.72. The van der Waals surface area contributed by atoms with Crippen molar-refractivity contribution >= 4 is 23.4 Å². The first-order chi connectivity index (χ1) is 17.8. The van der Waals surface area contributed by atoms with Gasteiger partial charge in [-0.25, -0.2) is 0 Å². The van der Waals surface area contributed by atoms with E-state index in [-0.39, 0.29) is 36.9 Å². The van der Waals surface area contributed by atoms with Crippen LogP contribution in [0.2, 0.25) is 0 Å². The molecule has 1 N–H and O–H groups in total. The Morgan fingerprint density at radius 3 is 2.46 bits per heavy atom. The third-order valence-corrected chi connectivity index (χ3v) is 8.45. The molecule has 1 aromatic rings. The van der Waals surface area contributed by atoms with Crippen LogP contribution in [0.25, 0.3) is 0 Å². The number of ether oxygens (including phenoxy) is 1. The first-order valence-electron chi connectivity index (χ1n) is 13.4. The zero-order chi connectivity index (χ0) is 26.4. The highest BCUT2D eigenvalue weighted by Crippen LogP contribution is 2.57. The Balaban J connectivity index is 1.61. The molecule has 0 aliphatic carbocycles. The van der Waals surface area contributed by atoms with Crippen molar-refractivity contribution in [3.8, 4) is 0 Å². The summed E-state index contributed by atoms with van der Waals surface area (Å²) in [5, 5.41) is 9.56. The molecule has 1 spiro atoms. The molecule has 0 radical (unpaired) electrons. The molecule has 0 bridgehead atoms. The number of aliphatic hydroxyl groups is 1. The third-order valence-electron chi connectivity index (χ3n) is 8.45. The van der Waals surface area contributed by atoms with Gasteiger partial charge in [-0.05, 0) is 38.8 Å². The Kier molecular flexibility index (Phi) is 6.75. The van der Waals surface area contributed by atoms with Gasteiger partial charge in [0, 0.05) is 38.0 Å². The van der Waals surface area contributed by atoms with Gasteiger partial charge in [0.05, 0.1) is 17.4 Å². The number of amides is 3. The lowest BCUT2D eigenvalue weighted by atomic mass is 9.74. The number of fused-ring (bicyclic) bond motifs is 2. The Bertz CT molecular complexity index is 1120. The summed E-state index contributed by atoms with van der Waals surface area (Å²) in [6, 6.07) is 8.55. The van der Waals surface area contributed by atoms with Crippen LogP contribution in [0.4, 0.5) is 5.69 Å². The molecule has 3 amide bonds. The molecule has 8 nitrogen and oxygen atoms in total. The predicted octanol–water partition coefficient (Wildman–Crippen LogP) is 2.53. The van der Waals surface area contributed by atoms with Crippen molar-refractivity contribution in [3.63, 3.8) is 0 Å². The summed E-state index contributed by atoms with van der Waals surface area (Å²) in [5.41, 5.74) is -1.55. The smallest absolute Gasteiger partial charge is 0.249 e. The number of para-hydroxylation sites is 1. The van der Waals surface area contributed by atoms with Gasteiger partial charge in [-0.15, -0.1) is 0 Å². The molecular weight excluding hydrogens is 470 g/mol. The number of hydrogen-bond acceptors (Lipinski definition) is 5. The fraction of sp³-hybridized carbons (Fsp3) is 0.552. The van der Waals surface area contributed by atoms with Crippen LogP contribution in [0.3, 0.4) is 0 Å². The highest BCUT2D eigenvalue weighted by atomic mass is 16.5. The Morgan fingerprint density at radius 2 is 1.76 bits per heavy atom. The van der Waals surface area contributed by atoms with Gasteiger partial charge in [0.15, 0.2) is 0 Å². The van der Waals surface area contributed by atoms with Gasteiger partial charge in [-0.2, -0.15) is 0 Å². The fourth-order valence-corrected chi connectivity index (χ4v) is 6.83. The Labute approximate surface area is 218 Å². The minimum Gasteiger partial charge on any atom is -0.396 e. The summed E-state index contributed by atoms with van der Waals surface area (Å²) >= 11 is 0. The summed E-state index contributed by atoms with van der Waals surface area (Å²) in [6.07, 6.45) is 9.76. The van der Waals surface area contributed by atoms with Crippen molar-refractivity contribution in [1.29, 1.82) is 0 Å². The lowest BCUT2D eigenvalue weighted by Gasteiger charge is -2.38. The zero-order valence-electron chi connectivity index (χ0n) is 21.9. The largest absolute Gasteiger partial charge is 0.396 e. The van der Waals surface area contributed by atoms with Gasteiger partial charge < -0.3 is 24.5 Å². The van der Waals surface area contributed by atoms with Crippen molar-refractivity contribution in [2.24, 2.45) is 11.8 Å². The number of aliphatic hydroxyl groups excluding tert-OH is 1. The Hall–Kier alpha value is -2.97. The number of likely N-dealkylation sites (tertiary alicyclic amines) is 1. The lowest BCUT2D eigenvalue weighted by molar-refractivity contribution is -0.152. The van der Waals surface area contributed by atoms with E-state index < -0.39 is 29.1 Å². The standard InChI is InChI=1S/C29H37N3O5/c1-4-11-20(2)30-16-9-15-29-23(26(35)32(18-10-19-33)24(29)27(30)36)22-25(34)31(21-12-6-5-7-13-21)17-8-14-28(22,3)37-29/h5-9,12-15,20,22-24,33H,4,10-11,16-19H2,1-3H3/t20?,22-,23+,24?,28+,29+/m1/s1. The van der Waals surface area contributed by atoms with E-state index in [0.29, 0.717) is 19.5 Å². The van der Waals surface area contributed by atoms with Crippen molar-refractivity contribution in [1.82, 2.24) is 9.80 Å². The molecule has 37 heavy (non-hydrogen) atoms. The highest BCUT2D eigenvalue weighted by molar-refractivity contribution is 6.04. The van der Waals surface area contributed by atoms with E-state index in [1.54, 1.807) is 9.80 Å². The average molecular weight is 508 g/mol. The van der Waals surface area contributed by atoms with E-state index in [9.17, 15) is 19.5 Å². The SMILES string of the molecule is CCCC(C)N1CC=C[C@]23O[C@@]4(C)C=CCN(c5ccccc5)C(=O)[C@H]4[C@H]2C(=O)N(CCCO)C3C1=O. The second-order valence-electron chi connectivity index (χ2n) is 10.8. The number of rotatable bonds is 7. The minimum atomic E-state index is -1.26. The topological polar surface area (TPSA) is 90.4 Å². The summed E-state index contributed by atoms with van der Waals surface area (Å²) in [6.45, 7) is 6.91. The van der Waals surface area contributed by atoms with Gasteiger partial charge in [-0.1, -0.05) is 55.8 Å². The van der Waals surface area contributed by atoms with E-state index >= 15 is 0 Å². The number of benzene rings is 1. The van der Waals surface area contributed by atoms with E-state index in [2.05, 4.69) is 6.92 Å². The monoisotopic (exact) mass is 507 g/mol. The summed E-state index contributed by atoms with van der Waals surface area (Å²) in [7, 11) is 0. The molecule has 4 aliphatic rings. The van der Waals surface area contributed by atoms with Crippen LogP contribution < -0.4 is 4.90 Å². The van der Waals surface area contributed by atoms with Crippen LogP contribution in [0.5, 0.6) is 0 Å². The zero-order valence-corrected chi connectivity index (χ0v) is 21.9. The number of anilines is 1. The van der Waals surface area contributed by atoms with Gasteiger partial charge in [0.2, 0.25) is 17.7 Å². The number of carbonyl (C=O) groups is 3. The lowest BCUT2D eigenvalue weighted by Crippen LogP contribution is -2.57. The molecule has 2 saturated heterocycles. The van der Waals surface area contributed by atoms with Gasteiger partial charge in [0.1, 0.15) is 11.6 Å². The minimum absolute atomic E-state index is 0.00344. The third kappa shape index (κ3) is 3.92. The van der Waals surface area contributed by atoms with E-state index in [1.807, 2.05) is 73.4 Å². The van der Waals surface area contributed by atoms with Crippen LogP contribution in [0.15, 0.2) is 54.6 Å². The summed E-state index contributed by atoms with van der Waals surface area (Å²) < 4.78 is 6.83. The van der Waals surface area contributed by atoms with E-state index in [4.69, 9.17) is 4.74 Å². The molecular formula is C29H37N3O5. The molecule has 1 aromatic carbocycles. The molecule has 2 fully saturated rings. The number of carbonyl (C=O) groups excluding carboxylic acids is 3. The molecule has 8 heteroatoms. The molecule has 0 aromatic heterocycles. The van der Waals surface area contributed by atoms with Crippen LogP contribution >= 0.6 is 0 Å². The molecule has 5 rings (SSSR count). The Morgan fingerprint density at radius 1 is 1.03 bits per heavy atom. The normalized spacial score (nSPS) is 33.8. The number of hydrogen-bond donors (Lipinski definition) is 1. The molecule has 198 valence electrons. The van der Waals surface area contributed by atoms with Crippen LogP contribution in [-0.2, 0) is 19.1 Å². The maximum Gasteiger partial charge on any atom is 0.249 e. The quantitative estimate of drug-likeness (QED) is 0.573. The maximum absolute atomic E-state index is 14.2. The van der Waals surface area contributed by atoms with Crippen molar-refractivity contribution in [2.75, 3.05) is 31.1 Å². The molecule has 6 atom stereocenters. The number of nitrogens with zero attached hydrogens (tertiary/aromatic N) is 3. The van der Waals surface area contributed by atoms with Crippen molar-refractivity contribution in [3.05, 3.63) is 54.6 Å². The second-order valence-corrected chi connectivity index (χ2v) is 10.8. The average Bonchev–Trinajstić information content (AvgIpc) is 3.14. The van der Waals surface area contributed by atoms with Crippen LogP contribution in [0, 0.1) is 11.8 Å².